The SMILES string of the molecule is CCC(C)(CCN)NC(=O)CCc1ccco1. The van der Waals surface area contributed by atoms with Crippen LogP contribution in [0.2, 0.25) is 0 Å². The summed E-state index contributed by atoms with van der Waals surface area (Å²) >= 11 is 0. The highest BCUT2D eigenvalue weighted by Crippen LogP contribution is 2.14. The standard InChI is InChI=1S/C13H22N2O2/c1-3-13(2,8-9-14)15-12(16)7-6-11-5-4-10-17-11/h4-5,10H,3,6-9,14H2,1-2H3,(H,15,16). The molecule has 0 saturated heterocycles. The van der Waals surface area contributed by atoms with Crippen LogP contribution in [-0.2, 0) is 11.2 Å². The van der Waals surface area contributed by atoms with Gasteiger partial charge in [-0.15, -0.1) is 0 Å². The van der Waals surface area contributed by atoms with E-state index in [9.17, 15) is 4.79 Å². The fourth-order valence-electron chi connectivity index (χ4n) is 1.74. The summed E-state index contributed by atoms with van der Waals surface area (Å²) in [4.78, 5) is 11.8. The average Bonchev–Trinajstić information content (AvgIpc) is 2.79. The maximum Gasteiger partial charge on any atom is 0.220 e. The van der Waals surface area contributed by atoms with E-state index in [0.717, 1.165) is 18.6 Å². The maximum absolute atomic E-state index is 11.8. The van der Waals surface area contributed by atoms with E-state index in [1.165, 1.54) is 0 Å². The summed E-state index contributed by atoms with van der Waals surface area (Å²) in [5.41, 5.74) is 5.37. The summed E-state index contributed by atoms with van der Waals surface area (Å²) in [6, 6.07) is 3.71. The largest absolute Gasteiger partial charge is 0.469 e. The van der Waals surface area contributed by atoms with Crippen molar-refractivity contribution in [1.82, 2.24) is 5.32 Å². The van der Waals surface area contributed by atoms with E-state index >= 15 is 0 Å². The van der Waals surface area contributed by atoms with E-state index in [4.69, 9.17) is 10.2 Å². The Morgan fingerprint density at radius 3 is 2.88 bits per heavy atom. The molecule has 1 rings (SSSR count). The summed E-state index contributed by atoms with van der Waals surface area (Å²) in [7, 11) is 0. The molecule has 0 aromatic carbocycles. The molecule has 0 aliphatic carbocycles. The van der Waals surface area contributed by atoms with E-state index < -0.39 is 0 Å². The molecular formula is C13H22N2O2. The minimum atomic E-state index is -0.186. The zero-order chi connectivity index (χ0) is 12.7. The van der Waals surface area contributed by atoms with Gasteiger partial charge in [-0.25, -0.2) is 0 Å². The topological polar surface area (TPSA) is 68.3 Å². The monoisotopic (exact) mass is 238 g/mol. The summed E-state index contributed by atoms with van der Waals surface area (Å²) in [5.74, 6) is 0.899. The highest BCUT2D eigenvalue weighted by molar-refractivity contribution is 5.76. The summed E-state index contributed by atoms with van der Waals surface area (Å²) in [6.07, 6.45) is 4.40. The van der Waals surface area contributed by atoms with Crippen molar-refractivity contribution in [1.29, 1.82) is 0 Å². The molecule has 1 aromatic heterocycles. The van der Waals surface area contributed by atoms with Crippen molar-refractivity contribution < 1.29 is 9.21 Å². The molecule has 0 aliphatic heterocycles. The molecule has 0 radical (unpaired) electrons. The lowest BCUT2D eigenvalue weighted by Crippen LogP contribution is -2.46. The third-order valence-electron chi connectivity index (χ3n) is 3.10. The molecule has 0 fully saturated rings. The Hall–Kier alpha value is -1.29. The number of aryl methyl sites for hydroxylation is 1. The van der Waals surface area contributed by atoms with E-state index in [1.54, 1.807) is 6.26 Å². The molecule has 17 heavy (non-hydrogen) atoms. The molecule has 4 heteroatoms. The minimum Gasteiger partial charge on any atom is -0.469 e. The molecular weight excluding hydrogens is 216 g/mol. The zero-order valence-electron chi connectivity index (χ0n) is 10.7. The van der Waals surface area contributed by atoms with Crippen molar-refractivity contribution in [3.05, 3.63) is 24.2 Å². The van der Waals surface area contributed by atoms with Crippen molar-refractivity contribution in [2.24, 2.45) is 5.73 Å². The highest BCUT2D eigenvalue weighted by atomic mass is 16.3. The molecule has 0 bridgehead atoms. The third-order valence-corrected chi connectivity index (χ3v) is 3.10. The number of carbonyl (C=O) groups excluding carboxylic acids is 1. The van der Waals surface area contributed by atoms with Gasteiger partial charge >= 0.3 is 0 Å². The van der Waals surface area contributed by atoms with Gasteiger partial charge in [0.1, 0.15) is 5.76 Å². The van der Waals surface area contributed by atoms with E-state index in [2.05, 4.69) is 12.2 Å². The maximum atomic E-state index is 11.8. The first kappa shape index (κ1) is 13.8. The second kappa shape index (κ2) is 6.45. The smallest absolute Gasteiger partial charge is 0.220 e. The quantitative estimate of drug-likeness (QED) is 0.761. The van der Waals surface area contributed by atoms with Gasteiger partial charge in [-0.2, -0.15) is 0 Å². The highest BCUT2D eigenvalue weighted by Gasteiger charge is 2.22. The minimum absolute atomic E-state index is 0.0548. The van der Waals surface area contributed by atoms with Gasteiger partial charge in [-0.1, -0.05) is 6.92 Å². The van der Waals surface area contributed by atoms with E-state index in [1.807, 2.05) is 19.1 Å². The second-order valence-electron chi connectivity index (χ2n) is 4.58. The molecule has 1 heterocycles. The van der Waals surface area contributed by atoms with Crippen molar-refractivity contribution in [2.75, 3.05) is 6.54 Å². The molecule has 0 aliphatic rings. The summed E-state index contributed by atoms with van der Waals surface area (Å²) in [5, 5.41) is 3.05. The molecule has 1 atom stereocenters. The van der Waals surface area contributed by atoms with Crippen LogP contribution >= 0.6 is 0 Å². The van der Waals surface area contributed by atoms with Crippen LogP contribution in [0.5, 0.6) is 0 Å². The second-order valence-corrected chi connectivity index (χ2v) is 4.58. The van der Waals surface area contributed by atoms with Gasteiger partial charge in [-0.05, 0) is 38.4 Å². The molecule has 1 amide bonds. The normalized spacial score (nSPS) is 14.3. The fraction of sp³-hybridized carbons (Fsp3) is 0.615. The predicted molar refractivity (Wildman–Crippen MR) is 67.5 cm³/mol. The van der Waals surface area contributed by atoms with Crippen LogP contribution in [0.4, 0.5) is 0 Å². The molecule has 4 nitrogen and oxygen atoms in total. The van der Waals surface area contributed by atoms with Crippen LogP contribution in [-0.4, -0.2) is 18.0 Å². The first-order valence-electron chi connectivity index (χ1n) is 6.13. The van der Waals surface area contributed by atoms with Gasteiger partial charge in [-0.3, -0.25) is 4.79 Å². The number of amides is 1. The van der Waals surface area contributed by atoms with Crippen molar-refractivity contribution >= 4 is 5.91 Å². The lowest BCUT2D eigenvalue weighted by atomic mass is 9.94. The Kier molecular flexibility index (Phi) is 5.22. The molecule has 1 aromatic rings. The van der Waals surface area contributed by atoms with Crippen molar-refractivity contribution in [2.45, 2.75) is 45.1 Å². The Balaban J connectivity index is 2.37. The van der Waals surface area contributed by atoms with E-state index in [0.29, 0.717) is 19.4 Å². The van der Waals surface area contributed by atoms with Crippen molar-refractivity contribution in [3.8, 4) is 0 Å². The van der Waals surface area contributed by atoms with Gasteiger partial charge in [0, 0.05) is 18.4 Å². The van der Waals surface area contributed by atoms with Crippen molar-refractivity contribution in [3.63, 3.8) is 0 Å². The molecule has 96 valence electrons. The average molecular weight is 238 g/mol. The molecule has 0 spiro atoms. The number of furan rings is 1. The summed E-state index contributed by atoms with van der Waals surface area (Å²) < 4.78 is 5.19. The van der Waals surface area contributed by atoms with E-state index in [-0.39, 0.29) is 11.4 Å². The Bertz CT molecular complexity index is 335. The lowest BCUT2D eigenvalue weighted by molar-refractivity contribution is -0.123. The van der Waals surface area contributed by atoms with Gasteiger partial charge < -0.3 is 15.5 Å². The lowest BCUT2D eigenvalue weighted by Gasteiger charge is -2.29. The van der Waals surface area contributed by atoms with Crippen LogP contribution in [0.25, 0.3) is 0 Å². The Morgan fingerprint density at radius 2 is 2.35 bits per heavy atom. The van der Waals surface area contributed by atoms with Gasteiger partial charge in [0.15, 0.2) is 0 Å². The van der Waals surface area contributed by atoms with Crippen LogP contribution in [0.3, 0.4) is 0 Å². The number of nitrogens with two attached hydrogens (primary N) is 1. The van der Waals surface area contributed by atoms with Gasteiger partial charge in [0.2, 0.25) is 5.91 Å². The van der Waals surface area contributed by atoms with Gasteiger partial charge in [0.25, 0.3) is 0 Å². The van der Waals surface area contributed by atoms with Gasteiger partial charge in [0.05, 0.1) is 6.26 Å². The molecule has 3 N–H and O–H groups in total. The van der Waals surface area contributed by atoms with Crippen LogP contribution in [0, 0.1) is 0 Å². The Morgan fingerprint density at radius 1 is 1.59 bits per heavy atom. The van der Waals surface area contributed by atoms with Crippen LogP contribution < -0.4 is 11.1 Å². The first-order valence-corrected chi connectivity index (χ1v) is 6.13. The number of hydrogen-bond acceptors (Lipinski definition) is 3. The predicted octanol–water partition coefficient (Wildman–Crippen LogP) is 1.85. The zero-order valence-corrected chi connectivity index (χ0v) is 10.7. The number of carbonyl (C=O) groups is 1. The fourth-order valence-corrected chi connectivity index (χ4v) is 1.74. The first-order chi connectivity index (χ1) is 8.09. The Labute approximate surface area is 103 Å². The molecule has 1 unspecified atom stereocenters. The summed E-state index contributed by atoms with van der Waals surface area (Å²) in [6.45, 7) is 4.68. The molecule has 0 saturated carbocycles. The third kappa shape index (κ3) is 4.61. The number of hydrogen-bond donors (Lipinski definition) is 2. The van der Waals surface area contributed by atoms with Crippen LogP contribution in [0.15, 0.2) is 22.8 Å². The van der Waals surface area contributed by atoms with Crippen LogP contribution in [0.1, 0.15) is 38.9 Å². The number of nitrogens with one attached hydrogen (secondary N) is 1. The number of rotatable bonds is 7.